The molecule has 2 heterocycles. The Morgan fingerprint density at radius 2 is 2.00 bits per heavy atom. The summed E-state index contributed by atoms with van der Waals surface area (Å²) < 4.78 is 7.04. The van der Waals surface area contributed by atoms with Crippen LogP contribution in [0.5, 0.6) is 5.75 Å². The van der Waals surface area contributed by atoms with Gasteiger partial charge in [-0.3, -0.25) is 0 Å². The van der Waals surface area contributed by atoms with Gasteiger partial charge < -0.3 is 10.5 Å². The Labute approximate surface area is 109 Å². The zero-order chi connectivity index (χ0) is 13.4. The first kappa shape index (κ1) is 11.5. The maximum absolute atomic E-state index is 5.75. The second-order valence-electron chi connectivity index (χ2n) is 4.23. The maximum Gasteiger partial charge on any atom is 0.189 e. The number of nitrogens with zero attached hydrogens (tertiary/aromatic N) is 4. The Bertz CT molecular complexity index is 750. The molecule has 0 unspecified atom stereocenters. The zero-order valence-corrected chi connectivity index (χ0v) is 10.7. The number of anilines is 1. The average Bonchev–Trinajstić information content (AvgIpc) is 2.81. The Morgan fingerprint density at radius 1 is 1.16 bits per heavy atom. The van der Waals surface area contributed by atoms with Gasteiger partial charge in [0.25, 0.3) is 0 Å². The second-order valence-corrected chi connectivity index (χ2v) is 4.23. The molecule has 2 aromatic heterocycles. The Morgan fingerprint density at radius 3 is 2.79 bits per heavy atom. The van der Waals surface area contributed by atoms with Crippen molar-refractivity contribution in [2.45, 2.75) is 6.92 Å². The van der Waals surface area contributed by atoms with E-state index >= 15 is 0 Å². The number of benzene rings is 1. The fourth-order valence-electron chi connectivity index (χ4n) is 1.94. The van der Waals surface area contributed by atoms with Crippen molar-refractivity contribution in [1.82, 2.24) is 19.8 Å². The zero-order valence-electron chi connectivity index (χ0n) is 10.7. The number of ether oxygens (including phenoxy) is 1. The third-order valence-electron chi connectivity index (χ3n) is 2.86. The van der Waals surface area contributed by atoms with Crippen LogP contribution in [-0.4, -0.2) is 26.9 Å². The molecule has 2 N–H and O–H groups in total. The largest absolute Gasteiger partial charge is 0.496 e. The molecule has 6 heteroatoms. The molecule has 0 radical (unpaired) electrons. The molecule has 0 aliphatic heterocycles. The number of hydrogen-bond acceptors (Lipinski definition) is 5. The lowest BCUT2D eigenvalue weighted by atomic mass is 10.1. The van der Waals surface area contributed by atoms with Crippen LogP contribution in [0.3, 0.4) is 0 Å². The quantitative estimate of drug-likeness (QED) is 0.705. The number of hydrogen-bond donors (Lipinski definition) is 1. The van der Waals surface area contributed by atoms with E-state index in [1.54, 1.807) is 23.8 Å². The Hall–Kier alpha value is -2.63. The summed E-state index contributed by atoms with van der Waals surface area (Å²) in [5.41, 5.74) is 8.79. The summed E-state index contributed by atoms with van der Waals surface area (Å²) in [4.78, 5) is 0. The third-order valence-corrected chi connectivity index (χ3v) is 2.86. The number of nitrogen functional groups attached to an aromatic ring is 1. The first-order valence-electron chi connectivity index (χ1n) is 5.82. The van der Waals surface area contributed by atoms with Crippen LogP contribution in [0.25, 0.3) is 17.0 Å². The first-order chi connectivity index (χ1) is 9.19. The average molecular weight is 255 g/mol. The summed E-state index contributed by atoms with van der Waals surface area (Å²) in [7, 11) is 1.60. The van der Waals surface area contributed by atoms with Gasteiger partial charge in [0.15, 0.2) is 11.5 Å². The van der Waals surface area contributed by atoms with Crippen molar-refractivity contribution < 1.29 is 4.74 Å². The number of rotatable bonds is 2. The van der Waals surface area contributed by atoms with E-state index < -0.39 is 0 Å². The SMILES string of the molecule is COc1cc(N)ccc1-c1nnc2ccc(C)nn12. The van der Waals surface area contributed by atoms with Gasteiger partial charge in [0, 0.05) is 11.8 Å². The highest BCUT2D eigenvalue weighted by atomic mass is 16.5. The van der Waals surface area contributed by atoms with E-state index in [-0.39, 0.29) is 0 Å². The van der Waals surface area contributed by atoms with Crippen molar-refractivity contribution in [1.29, 1.82) is 0 Å². The van der Waals surface area contributed by atoms with E-state index in [1.807, 2.05) is 25.1 Å². The summed E-state index contributed by atoms with van der Waals surface area (Å²) in [6.07, 6.45) is 0. The summed E-state index contributed by atoms with van der Waals surface area (Å²) in [5.74, 6) is 1.29. The molecule has 0 saturated heterocycles. The number of fused-ring (bicyclic) bond motifs is 1. The summed E-state index contributed by atoms with van der Waals surface area (Å²) in [6, 6.07) is 9.19. The monoisotopic (exact) mass is 255 g/mol. The van der Waals surface area contributed by atoms with Crippen LogP contribution in [0.2, 0.25) is 0 Å². The first-order valence-corrected chi connectivity index (χ1v) is 5.82. The van der Waals surface area contributed by atoms with Gasteiger partial charge in [-0.1, -0.05) is 0 Å². The second kappa shape index (κ2) is 4.24. The normalized spacial score (nSPS) is 10.8. The highest BCUT2D eigenvalue weighted by molar-refractivity contribution is 5.69. The van der Waals surface area contributed by atoms with Gasteiger partial charge in [-0.2, -0.15) is 9.61 Å². The number of nitrogens with two attached hydrogens (primary N) is 1. The van der Waals surface area contributed by atoms with Gasteiger partial charge in [-0.15, -0.1) is 10.2 Å². The van der Waals surface area contributed by atoms with E-state index in [0.717, 1.165) is 11.3 Å². The van der Waals surface area contributed by atoms with Crippen LogP contribution in [0, 0.1) is 6.92 Å². The van der Waals surface area contributed by atoms with Crippen molar-refractivity contribution >= 4 is 11.3 Å². The smallest absolute Gasteiger partial charge is 0.189 e. The molecule has 3 rings (SSSR count). The Balaban J connectivity index is 2.27. The number of aryl methyl sites for hydroxylation is 1. The number of aromatic nitrogens is 4. The fourth-order valence-corrected chi connectivity index (χ4v) is 1.94. The van der Waals surface area contributed by atoms with Gasteiger partial charge in [0.05, 0.1) is 18.4 Å². The van der Waals surface area contributed by atoms with Crippen LogP contribution < -0.4 is 10.5 Å². The molecule has 3 aromatic rings. The van der Waals surface area contributed by atoms with Crippen LogP contribution in [0.15, 0.2) is 30.3 Å². The van der Waals surface area contributed by atoms with Crippen LogP contribution in [0.1, 0.15) is 5.69 Å². The van der Waals surface area contributed by atoms with Crippen molar-refractivity contribution in [2.75, 3.05) is 12.8 Å². The van der Waals surface area contributed by atoms with Crippen molar-refractivity contribution in [3.05, 3.63) is 36.0 Å². The molecule has 0 fully saturated rings. The highest BCUT2D eigenvalue weighted by Crippen LogP contribution is 2.30. The molecule has 19 heavy (non-hydrogen) atoms. The fraction of sp³-hybridized carbons (Fsp3) is 0.154. The summed E-state index contributed by atoms with van der Waals surface area (Å²) in [6.45, 7) is 1.92. The molecule has 0 bridgehead atoms. The number of methoxy groups -OCH3 is 1. The van der Waals surface area contributed by atoms with Crippen LogP contribution in [-0.2, 0) is 0 Å². The lowest BCUT2D eigenvalue weighted by molar-refractivity contribution is 0.416. The molecular formula is C13H13N5O. The topological polar surface area (TPSA) is 78.3 Å². The standard InChI is InChI=1S/C13H13N5O/c1-8-3-6-12-15-16-13(18(12)17-8)10-5-4-9(14)7-11(10)19-2/h3-7H,14H2,1-2H3. The minimum Gasteiger partial charge on any atom is -0.496 e. The minimum atomic E-state index is 0.635. The van der Waals surface area contributed by atoms with Gasteiger partial charge in [-0.25, -0.2) is 0 Å². The molecule has 0 aliphatic carbocycles. The maximum atomic E-state index is 5.75. The molecule has 1 aromatic carbocycles. The summed E-state index contributed by atoms with van der Waals surface area (Å²) >= 11 is 0. The van der Waals surface area contributed by atoms with Crippen molar-refractivity contribution in [3.8, 4) is 17.1 Å². The molecule has 6 nitrogen and oxygen atoms in total. The van der Waals surface area contributed by atoms with Crippen molar-refractivity contribution in [2.24, 2.45) is 0 Å². The molecular weight excluding hydrogens is 242 g/mol. The van der Waals surface area contributed by atoms with E-state index in [9.17, 15) is 0 Å². The van der Waals surface area contributed by atoms with Gasteiger partial charge >= 0.3 is 0 Å². The van der Waals surface area contributed by atoms with Gasteiger partial charge in [-0.05, 0) is 31.2 Å². The highest BCUT2D eigenvalue weighted by Gasteiger charge is 2.14. The predicted molar refractivity (Wildman–Crippen MR) is 71.9 cm³/mol. The van der Waals surface area contributed by atoms with Gasteiger partial charge in [0.1, 0.15) is 5.75 Å². The van der Waals surface area contributed by atoms with E-state index in [1.165, 1.54) is 0 Å². The molecule has 0 aliphatic rings. The van der Waals surface area contributed by atoms with Gasteiger partial charge in [0.2, 0.25) is 0 Å². The molecule has 0 spiro atoms. The van der Waals surface area contributed by atoms with Crippen LogP contribution in [0.4, 0.5) is 5.69 Å². The molecule has 0 amide bonds. The third kappa shape index (κ3) is 1.87. The predicted octanol–water partition coefficient (Wildman–Crippen LogP) is 1.69. The van der Waals surface area contributed by atoms with E-state index in [0.29, 0.717) is 22.9 Å². The Kier molecular flexibility index (Phi) is 2.56. The molecule has 96 valence electrons. The molecule has 0 atom stereocenters. The summed E-state index contributed by atoms with van der Waals surface area (Å²) in [5, 5.41) is 12.7. The van der Waals surface area contributed by atoms with E-state index in [2.05, 4.69) is 15.3 Å². The molecule has 0 saturated carbocycles. The van der Waals surface area contributed by atoms with Crippen molar-refractivity contribution in [3.63, 3.8) is 0 Å². The van der Waals surface area contributed by atoms with E-state index in [4.69, 9.17) is 10.5 Å². The lowest BCUT2D eigenvalue weighted by Crippen LogP contribution is -1.99. The van der Waals surface area contributed by atoms with Crippen LogP contribution >= 0.6 is 0 Å². The lowest BCUT2D eigenvalue weighted by Gasteiger charge is -2.07. The minimum absolute atomic E-state index is 0.635.